The summed E-state index contributed by atoms with van der Waals surface area (Å²) >= 11 is 0. The molecule has 0 radical (unpaired) electrons. The van der Waals surface area contributed by atoms with Gasteiger partial charge in [-0.2, -0.15) is 5.10 Å². The Bertz CT molecular complexity index is 934. The lowest BCUT2D eigenvalue weighted by Gasteiger charge is -2.07. The lowest BCUT2D eigenvalue weighted by Crippen LogP contribution is -1.97. The summed E-state index contributed by atoms with van der Waals surface area (Å²) in [6.07, 6.45) is 1.60. The van der Waals surface area contributed by atoms with E-state index in [0.29, 0.717) is 5.82 Å². The van der Waals surface area contributed by atoms with Gasteiger partial charge in [-0.05, 0) is 54.8 Å². The van der Waals surface area contributed by atoms with Crippen molar-refractivity contribution in [3.8, 4) is 0 Å². The number of non-ortho nitro benzene ring substituents is 1. The van der Waals surface area contributed by atoms with Gasteiger partial charge in [0, 0.05) is 17.5 Å². The Hall–Kier alpha value is -3.28. The van der Waals surface area contributed by atoms with Crippen molar-refractivity contribution in [2.24, 2.45) is 5.10 Å². The van der Waals surface area contributed by atoms with Gasteiger partial charge in [-0.15, -0.1) is 0 Å². The van der Waals surface area contributed by atoms with Crippen LogP contribution in [0.15, 0.2) is 53.6 Å². The molecule has 0 aliphatic carbocycles. The third kappa shape index (κ3) is 3.38. The van der Waals surface area contributed by atoms with Gasteiger partial charge in [0.25, 0.3) is 5.69 Å². The van der Waals surface area contributed by atoms with Crippen molar-refractivity contribution in [2.45, 2.75) is 13.8 Å². The van der Waals surface area contributed by atoms with Gasteiger partial charge in [0.15, 0.2) is 0 Å². The number of nitro benzene ring substituents is 1. The Labute approximate surface area is 139 Å². The standard InChI is InChI=1S/C18H16N4O2/c1-12-3-6-15-10-13(2)18(20-17(15)9-12)21-19-11-14-4-7-16(8-5-14)22(23)24/h3-11H,1-2H3,(H,20,21)/b19-11+. The Kier molecular flexibility index (Phi) is 4.20. The topological polar surface area (TPSA) is 80.4 Å². The van der Waals surface area contributed by atoms with Gasteiger partial charge in [-0.3, -0.25) is 15.5 Å². The second kappa shape index (κ2) is 6.45. The summed E-state index contributed by atoms with van der Waals surface area (Å²) in [5.41, 5.74) is 6.81. The van der Waals surface area contributed by atoms with Gasteiger partial charge in [0.2, 0.25) is 0 Å². The highest BCUT2D eigenvalue weighted by molar-refractivity contribution is 5.83. The molecule has 6 heteroatoms. The van der Waals surface area contributed by atoms with Crippen LogP contribution >= 0.6 is 0 Å². The first-order chi connectivity index (χ1) is 11.5. The van der Waals surface area contributed by atoms with Gasteiger partial charge in [0.1, 0.15) is 5.82 Å². The molecule has 0 aliphatic heterocycles. The van der Waals surface area contributed by atoms with Gasteiger partial charge in [0.05, 0.1) is 16.7 Å². The number of hydrazone groups is 1. The number of rotatable bonds is 4. The minimum atomic E-state index is -0.427. The van der Waals surface area contributed by atoms with Crippen molar-refractivity contribution >= 4 is 28.6 Å². The SMILES string of the molecule is Cc1ccc2cc(C)c(N/N=C/c3ccc([N+](=O)[O-])cc3)nc2c1. The lowest BCUT2D eigenvalue weighted by molar-refractivity contribution is -0.384. The summed E-state index contributed by atoms with van der Waals surface area (Å²) in [6, 6.07) is 14.4. The fourth-order valence-corrected chi connectivity index (χ4v) is 2.35. The van der Waals surface area contributed by atoms with Gasteiger partial charge >= 0.3 is 0 Å². The molecular formula is C18H16N4O2. The number of aryl methyl sites for hydroxylation is 2. The third-order valence-corrected chi connectivity index (χ3v) is 3.65. The van der Waals surface area contributed by atoms with E-state index in [4.69, 9.17) is 0 Å². The molecule has 2 aromatic carbocycles. The number of hydrogen-bond donors (Lipinski definition) is 1. The molecule has 1 heterocycles. The van der Waals surface area contributed by atoms with Crippen LogP contribution in [0, 0.1) is 24.0 Å². The fourth-order valence-electron chi connectivity index (χ4n) is 2.35. The van der Waals surface area contributed by atoms with E-state index >= 15 is 0 Å². The molecule has 0 fully saturated rings. The number of fused-ring (bicyclic) bond motifs is 1. The zero-order chi connectivity index (χ0) is 17.1. The molecule has 0 bridgehead atoms. The normalized spacial score (nSPS) is 11.1. The van der Waals surface area contributed by atoms with E-state index in [2.05, 4.69) is 33.7 Å². The summed E-state index contributed by atoms with van der Waals surface area (Å²) < 4.78 is 0. The average molecular weight is 320 g/mol. The number of benzene rings is 2. The number of aromatic nitrogens is 1. The first-order valence-corrected chi connectivity index (χ1v) is 7.44. The van der Waals surface area contributed by atoms with Crippen LogP contribution < -0.4 is 5.43 Å². The molecule has 0 atom stereocenters. The number of anilines is 1. The predicted octanol–water partition coefficient (Wildman–Crippen LogP) is 4.21. The van der Waals surface area contributed by atoms with Crippen LogP contribution in [0.5, 0.6) is 0 Å². The molecule has 0 aliphatic rings. The van der Waals surface area contributed by atoms with Crippen molar-refractivity contribution in [3.63, 3.8) is 0 Å². The number of pyridine rings is 1. The average Bonchev–Trinajstić information content (AvgIpc) is 2.56. The van der Waals surface area contributed by atoms with Crippen molar-refractivity contribution in [3.05, 3.63) is 75.3 Å². The Morgan fingerprint density at radius 2 is 1.88 bits per heavy atom. The molecule has 0 amide bonds. The second-order valence-corrected chi connectivity index (χ2v) is 5.57. The molecule has 0 unspecified atom stereocenters. The van der Waals surface area contributed by atoms with E-state index < -0.39 is 4.92 Å². The molecule has 0 saturated heterocycles. The molecular weight excluding hydrogens is 304 g/mol. The van der Waals surface area contributed by atoms with Gasteiger partial charge in [-0.25, -0.2) is 4.98 Å². The van der Waals surface area contributed by atoms with Crippen LogP contribution in [0.2, 0.25) is 0 Å². The second-order valence-electron chi connectivity index (χ2n) is 5.57. The van der Waals surface area contributed by atoms with E-state index in [1.165, 1.54) is 12.1 Å². The Balaban J connectivity index is 1.79. The summed E-state index contributed by atoms with van der Waals surface area (Å²) in [5, 5.41) is 15.9. The lowest BCUT2D eigenvalue weighted by atomic mass is 10.1. The van der Waals surface area contributed by atoms with Crippen molar-refractivity contribution in [2.75, 3.05) is 5.43 Å². The minimum Gasteiger partial charge on any atom is -0.261 e. The molecule has 1 N–H and O–H groups in total. The number of nitrogens with one attached hydrogen (secondary N) is 1. The smallest absolute Gasteiger partial charge is 0.261 e. The molecule has 120 valence electrons. The maximum atomic E-state index is 10.6. The molecule has 3 rings (SSSR count). The van der Waals surface area contributed by atoms with E-state index in [9.17, 15) is 10.1 Å². The predicted molar refractivity (Wildman–Crippen MR) is 95.5 cm³/mol. The molecule has 0 saturated carbocycles. The molecule has 24 heavy (non-hydrogen) atoms. The largest absolute Gasteiger partial charge is 0.269 e. The number of nitro groups is 1. The first-order valence-electron chi connectivity index (χ1n) is 7.44. The van der Waals surface area contributed by atoms with Crippen molar-refractivity contribution in [1.29, 1.82) is 0 Å². The quantitative estimate of drug-likeness (QED) is 0.443. The molecule has 3 aromatic rings. The number of nitrogens with zero attached hydrogens (tertiary/aromatic N) is 3. The maximum Gasteiger partial charge on any atom is 0.269 e. The third-order valence-electron chi connectivity index (χ3n) is 3.65. The molecule has 0 spiro atoms. The summed E-state index contributed by atoms with van der Waals surface area (Å²) in [7, 11) is 0. The van der Waals surface area contributed by atoms with Crippen LogP contribution in [0.25, 0.3) is 10.9 Å². The highest BCUT2D eigenvalue weighted by Gasteiger charge is 2.04. The van der Waals surface area contributed by atoms with Crippen molar-refractivity contribution in [1.82, 2.24) is 4.98 Å². The van der Waals surface area contributed by atoms with E-state index in [1.807, 2.05) is 19.9 Å². The van der Waals surface area contributed by atoms with Gasteiger partial charge in [-0.1, -0.05) is 12.1 Å². The highest BCUT2D eigenvalue weighted by Crippen LogP contribution is 2.20. The monoisotopic (exact) mass is 320 g/mol. The van der Waals surface area contributed by atoms with Crippen molar-refractivity contribution < 1.29 is 4.92 Å². The summed E-state index contributed by atoms with van der Waals surface area (Å²) in [4.78, 5) is 14.8. The Morgan fingerprint density at radius 3 is 2.58 bits per heavy atom. The maximum absolute atomic E-state index is 10.6. The first kappa shape index (κ1) is 15.6. The molecule has 6 nitrogen and oxygen atoms in total. The summed E-state index contributed by atoms with van der Waals surface area (Å²) in [6.45, 7) is 4.00. The zero-order valence-corrected chi connectivity index (χ0v) is 13.4. The van der Waals surface area contributed by atoms with Crippen LogP contribution in [-0.2, 0) is 0 Å². The fraction of sp³-hybridized carbons (Fsp3) is 0.111. The highest BCUT2D eigenvalue weighted by atomic mass is 16.6. The molecule has 1 aromatic heterocycles. The van der Waals surface area contributed by atoms with Crippen LogP contribution in [0.4, 0.5) is 11.5 Å². The van der Waals surface area contributed by atoms with Crippen LogP contribution in [-0.4, -0.2) is 16.1 Å². The van der Waals surface area contributed by atoms with E-state index in [1.54, 1.807) is 18.3 Å². The summed E-state index contributed by atoms with van der Waals surface area (Å²) in [5.74, 6) is 0.686. The van der Waals surface area contributed by atoms with E-state index in [-0.39, 0.29) is 5.69 Å². The zero-order valence-electron chi connectivity index (χ0n) is 13.4. The van der Waals surface area contributed by atoms with Gasteiger partial charge < -0.3 is 0 Å². The Morgan fingerprint density at radius 1 is 1.12 bits per heavy atom. The van der Waals surface area contributed by atoms with E-state index in [0.717, 1.165) is 27.6 Å². The number of hydrogen-bond acceptors (Lipinski definition) is 5. The van der Waals surface area contributed by atoms with Crippen LogP contribution in [0.3, 0.4) is 0 Å². The minimum absolute atomic E-state index is 0.0579. The van der Waals surface area contributed by atoms with Crippen LogP contribution in [0.1, 0.15) is 16.7 Å².